The van der Waals surface area contributed by atoms with E-state index in [1.807, 2.05) is 19.1 Å². The average molecular weight is 230 g/mol. The second-order valence-corrected chi connectivity index (χ2v) is 5.79. The zero-order chi connectivity index (χ0) is 13.2. The van der Waals surface area contributed by atoms with Gasteiger partial charge < -0.3 is 4.90 Å². The number of benzene rings is 1. The summed E-state index contributed by atoms with van der Waals surface area (Å²) < 4.78 is 0. The van der Waals surface area contributed by atoms with Crippen LogP contribution in [0, 0.1) is 23.7 Å². The van der Waals surface area contributed by atoms with E-state index in [2.05, 4.69) is 51.8 Å². The van der Waals surface area contributed by atoms with Crippen molar-refractivity contribution in [3.05, 3.63) is 29.3 Å². The molecule has 92 valence electrons. The van der Waals surface area contributed by atoms with Crippen LogP contribution in [-0.2, 0) is 0 Å². The number of aryl methyl sites for hydroxylation is 1. The molecule has 2 nitrogen and oxygen atoms in total. The maximum atomic E-state index is 9.20. The van der Waals surface area contributed by atoms with Gasteiger partial charge in [-0.15, -0.1) is 0 Å². The predicted molar refractivity (Wildman–Crippen MR) is 73.2 cm³/mol. The fourth-order valence-corrected chi connectivity index (χ4v) is 1.84. The van der Waals surface area contributed by atoms with E-state index in [4.69, 9.17) is 0 Å². The number of nitriles is 1. The standard InChI is InChI=1S/C15H22N2/c1-11-7-8-14(13(9-11)10-16)17(6)12(2)15(3,4)5/h7-9,12H,1-6H3. The third kappa shape index (κ3) is 3.00. The molecule has 1 unspecified atom stereocenters. The highest BCUT2D eigenvalue weighted by atomic mass is 15.1. The van der Waals surface area contributed by atoms with Crippen LogP contribution in [0.4, 0.5) is 5.69 Å². The third-order valence-corrected chi connectivity index (χ3v) is 3.49. The topological polar surface area (TPSA) is 27.0 Å². The first-order valence-corrected chi connectivity index (χ1v) is 6.01. The van der Waals surface area contributed by atoms with Gasteiger partial charge in [-0.3, -0.25) is 0 Å². The van der Waals surface area contributed by atoms with Crippen LogP contribution < -0.4 is 4.90 Å². The van der Waals surface area contributed by atoms with Gasteiger partial charge in [-0.05, 0) is 37.0 Å². The molecule has 0 heterocycles. The van der Waals surface area contributed by atoms with Crippen molar-refractivity contribution < 1.29 is 0 Å². The number of hydrogen-bond acceptors (Lipinski definition) is 2. The predicted octanol–water partition coefficient (Wildman–Crippen LogP) is 3.74. The van der Waals surface area contributed by atoms with Gasteiger partial charge in [0.2, 0.25) is 0 Å². The molecule has 2 heteroatoms. The van der Waals surface area contributed by atoms with Crippen molar-refractivity contribution in [2.75, 3.05) is 11.9 Å². The molecule has 0 aliphatic carbocycles. The molecule has 0 saturated carbocycles. The van der Waals surface area contributed by atoms with E-state index in [-0.39, 0.29) is 5.41 Å². The second-order valence-electron chi connectivity index (χ2n) is 5.79. The van der Waals surface area contributed by atoms with E-state index in [0.717, 1.165) is 16.8 Å². The number of rotatable bonds is 2. The summed E-state index contributed by atoms with van der Waals surface area (Å²) in [5, 5.41) is 9.20. The lowest BCUT2D eigenvalue weighted by atomic mass is 9.86. The van der Waals surface area contributed by atoms with E-state index >= 15 is 0 Å². The summed E-state index contributed by atoms with van der Waals surface area (Å²) in [6.07, 6.45) is 0. The highest BCUT2D eigenvalue weighted by molar-refractivity contribution is 5.60. The largest absolute Gasteiger partial charge is 0.370 e. The normalized spacial score (nSPS) is 13.0. The third-order valence-electron chi connectivity index (χ3n) is 3.49. The fraction of sp³-hybridized carbons (Fsp3) is 0.533. The lowest BCUT2D eigenvalue weighted by Gasteiger charge is -2.37. The quantitative estimate of drug-likeness (QED) is 0.774. The highest BCUT2D eigenvalue weighted by Gasteiger charge is 2.25. The minimum absolute atomic E-state index is 0.187. The molecule has 0 spiro atoms. The first-order chi connectivity index (χ1) is 7.77. The van der Waals surface area contributed by atoms with Gasteiger partial charge in [0, 0.05) is 13.1 Å². The van der Waals surface area contributed by atoms with Crippen molar-refractivity contribution in [2.24, 2.45) is 5.41 Å². The molecule has 0 N–H and O–H groups in total. The number of nitrogens with zero attached hydrogens (tertiary/aromatic N) is 2. The van der Waals surface area contributed by atoms with Crippen molar-refractivity contribution in [3.63, 3.8) is 0 Å². The van der Waals surface area contributed by atoms with Gasteiger partial charge in [-0.1, -0.05) is 26.8 Å². The summed E-state index contributed by atoms with van der Waals surface area (Å²) in [6, 6.07) is 8.70. The van der Waals surface area contributed by atoms with E-state index in [9.17, 15) is 5.26 Å². The van der Waals surface area contributed by atoms with Crippen LogP contribution in [0.2, 0.25) is 0 Å². The number of hydrogen-bond donors (Lipinski definition) is 0. The Hall–Kier alpha value is -1.49. The lowest BCUT2D eigenvalue weighted by molar-refractivity contribution is 0.329. The van der Waals surface area contributed by atoms with Gasteiger partial charge in [0.1, 0.15) is 6.07 Å². The van der Waals surface area contributed by atoms with Crippen molar-refractivity contribution in [3.8, 4) is 6.07 Å². The molecule has 1 aromatic rings. The van der Waals surface area contributed by atoms with Crippen molar-refractivity contribution >= 4 is 5.69 Å². The van der Waals surface area contributed by atoms with E-state index in [1.165, 1.54) is 0 Å². The maximum Gasteiger partial charge on any atom is 0.101 e. The molecule has 0 aliphatic rings. The molecular formula is C15H22N2. The molecule has 0 aromatic heterocycles. The van der Waals surface area contributed by atoms with Crippen LogP contribution in [0.1, 0.15) is 38.8 Å². The zero-order valence-corrected chi connectivity index (χ0v) is 11.7. The summed E-state index contributed by atoms with van der Waals surface area (Å²) in [5.74, 6) is 0. The van der Waals surface area contributed by atoms with E-state index < -0.39 is 0 Å². The summed E-state index contributed by atoms with van der Waals surface area (Å²) in [4.78, 5) is 2.19. The minimum atomic E-state index is 0.187. The Morgan fingerprint density at radius 3 is 2.35 bits per heavy atom. The Labute approximate surface area is 105 Å². The average Bonchev–Trinajstić information content (AvgIpc) is 2.25. The molecule has 1 rings (SSSR count). The molecule has 0 saturated heterocycles. The molecule has 0 fully saturated rings. The fourth-order valence-electron chi connectivity index (χ4n) is 1.84. The van der Waals surface area contributed by atoms with E-state index in [0.29, 0.717) is 6.04 Å². The summed E-state index contributed by atoms with van der Waals surface area (Å²) in [5.41, 5.74) is 3.08. The molecule has 0 radical (unpaired) electrons. The Kier molecular flexibility index (Phi) is 3.83. The van der Waals surface area contributed by atoms with Gasteiger partial charge in [0.15, 0.2) is 0 Å². The summed E-state index contributed by atoms with van der Waals surface area (Å²) in [7, 11) is 2.06. The summed E-state index contributed by atoms with van der Waals surface area (Å²) >= 11 is 0. The Morgan fingerprint density at radius 2 is 1.88 bits per heavy atom. The molecule has 17 heavy (non-hydrogen) atoms. The zero-order valence-electron chi connectivity index (χ0n) is 11.7. The van der Waals surface area contributed by atoms with Gasteiger partial charge >= 0.3 is 0 Å². The van der Waals surface area contributed by atoms with Crippen LogP contribution in [0.3, 0.4) is 0 Å². The van der Waals surface area contributed by atoms with Gasteiger partial charge in [0.25, 0.3) is 0 Å². The molecular weight excluding hydrogens is 208 g/mol. The van der Waals surface area contributed by atoms with E-state index in [1.54, 1.807) is 0 Å². The molecule has 0 amide bonds. The van der Waals surface area contributed by atoms with Crippen molar-refractivity contribution in [1.29, 1.82) is 5.26 Å². The van der Waals surface area contributed by atoms with Crippen LogP contribution in [0.25, 0.3) is 0 Å². The van der Waals surface area contributed by atoms with Crippen LogP contribution in [0.15, 0.2) is 18.2 Å². The lowest BCUT2D eigenvalue weighted by Crippen LogP contribution is -2.39. The van der Waals surface area contributed by atoms with Gasteiger partial charge in [-0.25, -0.2) is 0 Å². The summed E-state index contributed by atoms with van der Waals surface area (Å²) in [6.45, 7) is 10.9. The van der Waals surface area contributed by atoms with Crippen molar-refractivity contribution in [1.82, 2.24) is 0 Å². The highest BCUT2D eigenvalue weighted by Crippen LogP contribution is 2.29. The smallest absolute Gasteiger partial charge is 0.101 e. The van der Waals surface area contributed by atoms with Crippen LogP contribution >= 0.6 is 0 Å². The Morgan fingerprint density at radius 1 is 1.29 bits per heavy atom. The Bertz CT molecular complexity index is 435. The Balaban J connectivity index is 3.13. The van der Waals surface area contributed by atoms with Crippen LogP contribution in [-0.4, -0.2) is 13.1 Å². The SMILES string of the molecule is Cc1ccc(N(C)C(C)C(C)(C)C)c(C#N)c1. The molecule has 1 atom stereocenters. The monoisotopic (exact) mass is 230 g/mol. The minimum Gasteiger partial charge on any atom is -0.370 e. The molecule has 1 aromatic carbocycles. The maximum absolute atomic E-state index is 9.20. The van der Waals surface area contributed by atoms with Crippen molar-refractivity contribution in [2.45, 2.75) is 40.7 Å². The number of anilines is 1. The van der Waals surface area contributed by atoms with Crippen LogP contribution in [0.5, 0.6) is 0 Å². The molecule has 0 aliphatic heterocycles. The molecule has 0 bridgehead atoms. The van der Waals surface area contributed by atoms with Gasteiger partial charge in [-0.2, -0.15) is 5.26 Å². The first kappa shape index (κ1) is 13.6. The second kappa shape index (κ2) is 4.79. The first-order valence-electron chi connectivity index (χ1n) is 6.01. The van der Waals surface area contributed by atoms with Gasteiger partial charge in [0.05, 0.1) is 11.3 Å².